The maximum atomic E-state index is 7.57. The molecule has 0 aliphatic carbocycles. The van der Waals surface area contributed by atoms with Crippen LogP contribution in [-0.4, -0.2) is 16.8 Å². The molecule has 0 saturated heterocycles. The fourth-order valence-electron chi connectivity index (χ4n) is 0. The Bertz CT molecular complexity index is 9.61. The van der Waals surface area contributed by atoms with Crippen LogP contribution in [0.2, 0.25) is 0 Å². The molecule has 5 heavy (non-hydrogen) atoms. The minimum atomic E-state index is -0.250. The van der Waals surface area contributed by atoms with Crippen LogP contribution < -0.4 is 0 Å². The van der Waals surface area contributed by atoms with Crippen molar-refractivity contribution >= 4 is 0 Å². The Labute approximate surface area is 45.1 Å². The minimum absolute atomic E-state index is 0. The molecule has 0 aliphatic heterocycles. The molecule has 0 heterocycles. The second-order valence-electron chi connectivity index (χ2n) is 0.365. The van der Waals surface area contributed by atoms with Gasteiger partial charge in [-0.05, 0) is 0 Å². The van der Waals surface area contributed by atoms with E-state index >= 15 is 0 Å². The molecule has 2 N–H and O–H groups in total. The molecule has 3 heteroatoms. The monoisotopic (exact) mass is 159 g/mol. The van der Waals surface area contributed by atoms with Crippen molar-refractivity contribution in [2.45, 2.75) is 0 Å². The number of hydrogen-bond acceptors (Lipinski definition) is 2. The van der Waals surface area contributed by atoms with Gasteiger partial charge in [-0.1, -0.05) is 6.61 Å². The normalized spacial score (nSPS) is 6.00. The predicted molar refractivity (Wildman–Crippen MR) is 13.3 cm³/mol. The van der Waals surface area contributed by atoms with Gasteiger partial charge in [0.2, 0.25) is 0 Å². The van der Waals surface area contributed by atoms with Crippen molar-refractivity contribution in [1.29, 1.82) is 0 Å². The summed E-state index contributed by atoms with van der Waals surface area (Å²) in [6.45, 7) is 0.431. The number of aliphatic hydroxyl groups is 2. The summed E-state index contributed by atoms with van der Waals surface area (Å²) in [7, 11) is 0. The van der Waals surface area contributed by atoms with Crippen molar-refractivity contribution in [3.05, 3.63) is 6.61 Å². The average molecular weight is 157 g/mol. The summed E-state index contributed by atoms with van der Waals surface area (Å²) in [5.41, 5.74) is 0. The molecule has 0 unspecified atom stereocenters. The topological polar surface area (TPSA) is 40.5 Å². The maximum absolute atomic E-state index is 7.57. The van der Waals surface area contributed by atoms with E-state index in [0.29, 0.717) is 6.61 Å². The largest absolute Gasteiger partial charge is 0.564 e. The van der Waals surface area contributed by atoms with Gasteiger partial charge in [0, 0.05) is 21.1 Å². The van der Waals surface area contributed by atoms with Crippen molar-refractivity contribution in [3.8, 4) is 0 Å². The Morgan fingerprint density at radius 1 is 1.60 bits per heavy atom. The molecule has 0 aliphatic rings. The zero-order valence-corrected chi connectivity index (χ0v) is 4.59. The van der Waals surface area contributed by atoms with E-state index in [1.807, 2.05) is 0 Å². The SMILES string of the molecule is O[CH-]CO.[Mo]. The molecular formula is C2H5MoO2-. The molecular weight excluding hydrogens is 152 g/mol. The average Bonchev–Trinajstić information content (AvgIpc) is 1.37. The van der Waals surface area contributed by atoms with Gasteiger partial charge in [0.15, 0.2) is 0 Å². The summed E-state index contributed by atoms with van der Waals surface area (Å²) in [6, 6.07) is 0. The van der Waals surface area contributed by atoms with Crippen LogP contribution in [0.1, 0.15) is 0 Å². The third-order valence-corrected chi connectivity index (χ3v) is 0.0816. The standard InChI is InChI=1S/C2H5O2.Mo/c3-1-2-4;/h1,3-4H,2H2;/q-1;. The predicted octanol–water partition coefficient (Wildman–Crippen LogP) is -0.490. The van der Waals surface area contributed by atoms with Crippen LogP contribution in [0.5, 0.6) is 0 Å². The van der Waals surface area contributed by atoms with Gasteiger partial charge in [0.25, 0.3) is 0 Å². The van der Waals surface area contributed by atoms with Crippen molar-refractivity contribution in [2.75, 3.05) is 6.61 Å². The van der Waals surface area contributed by atoms with E-state index in [1.54, 1.807) is 0 Å². The molecule has 0 aromatic heterocycles. The van der Waals surface area contributed by atoms with E-state index in [-0.39, 0.29) is 27.7 Å². The van der Waals surface area contributed by atoms with Crippen molar-refractivity contribution < 1.29 is 31.3 Å². The first-order chi connectivity index (χ1) is 1.91. The van der Waals surface area contributed by atoms with E-state index in [9.17, 15) is 0 Å². The van der Waals surface area contributed by atoms with E-state index in [4.69, 9.17) is 10.2 Å². The van der Waals surface area contributed by atoms with Crippen LogP contribution in [0.3, 0.4) is 0 Å². The Morgan fingerprint density at radius 3 is 1.80 bits per heavy atom. The molecule has 32 valence electrons. The second-order valence-corrected chi connectivity index (χ2v) is 0.365. The molecule has 0 radical (unpaired) electrons. The zero-order chi connectivity index (χ0) is 3.41. The number of hydrogen-bond donors (Lipinski definition) is 2. The third kappa shape index (κ3) is 12.1. The van der Waals surface area contributed by atoms with Crippen LogP contribution in [0, 0.1) is 6.61 Å². The molecule has 0 saturated carbocycles. The second kappa shape index (κ2) is 8.82. The Balaban J connectivity index is 0. The van der Waals surface area contributed by atoms with Gasteiger partial charge in [-0.15, -0.1) is 0 Å². The quantitative estimate of drug-likeness (QED) is 0.398. The van der Waals surface area contributed by atoms with Gasteiger partial charge >= 0.3 is 0 Å². The summed E-state index contributed by atoms with van der Waals surface area (Å²) < 4.78 is 0. The molecule has 0 atom stereocenters. The minimum Gasteiger partial charge on any atom is -0.564 e. The van der Waals surface area contributed by atoms with Gasteiger partial charge < -0.3 is 10.2 Å². The Hall–Kier alpha value is 0.608. The molecule has 0 fully saturated rings. The van der Waals surface area contributed by atoms with E-state index in [2.05, 4.69) is 0 Å². The molecule has 0 bridgehead atoms. The Kier molecular flexibility index (Phi) is 16.1. The molecule has 0 aromatic rings. The third-order valence-electron chi connectivity index (χ3n) is 0.0816. The van der Waals surface area contributed by atoms with E-state index in [0.717, 1.165) is 0 Å². The molecule has 0 amide bonds. The van der Waals surface area contributed by atoms with Crippen molar-refractivity contribution in [3.63, 3.8) is 0 Å². The van der Waals surface area contributed by atoms with Gasteiger partial charge in [-0.2, -0.15) is 6.61 Å². The van der Waals surface area contributed by atoms with Crippen molar-refractivity contribution in [1.82, 2.24) is 0 Å². The van der Waals surface area contributed by atoms with Crippen LogP contribution in [0.4, 0.5) is 0 Å². The molecule has 2 nitrogen and oxygen atoms in total. The number of rotatable bonds is 1. The summed E-state index contributed by atoms with van der Waals surface area (Å²) in [5, 5.41) is 15.1. The number of aliphatic hydroxyl groups excluding tert-OH is 2. The van der Waals surface area contributed by atoms with Gasteiger partial charge in [-0.3, -0.25) is 0 Å². The fourth-order valence-corrected chi connectivity index (χ4v) is 0. The first-order valence-electron chi connectivity index (χ1n) is 0.983. The molecule has 0 spiro atoms. The molecule has 0 rings (SSSR count). The summed E-state index contributed by atoms with van der Waals surface area (Å²) in [4.78, 5) is 0. The molecule has 0 aromatic carbocycles. The van der Waals surface area contributed by atoms with Gasteiger partial charge in [-0.25, -0.2) is 0 Å². The van der Waals surface area contributed by atoms with E-state index < -0.39 is 0 Å². The first kappa shape index (κ1) is 9.15. The van der Waals surface area contributed by atoms with Crippen LogP contribution in [0.15, 0.2) is 0 Å². The summed E-state index contributed by atoms with van der Waals surface area (Å²) >= 11 is 0. The van der Waals surface area contributed by atoms with Crippen LogP contribution >= 0.6 is 0 Å². The fraction of sp³-hybridized carbons (Fsp3) is 0.500. The maximum Gasteiger partial charge on any atom is 0 e. The summed E-state index contributed by atoms with van der Waals surface area (Å²) in [5.74, 6) is 0. The van der Waals surface area contributed by atoms with Gasteiger partial charge in [0.1, 0.15) is 0 Å². The van der Waals surface area contributed by atoms with Crippen LogP contribution in [0.25, 0.3) is 0 Å². The van der Waals surface area contributed by atoms with Crippen LogP contribution in [-0.2, 0) is 21.1 Å². The first-order valence-corrected chi connectivity index (χ1v) is 0.983. The van der Waals surface area contributed by atoms with Gasteiger partial charge in [0.05, 0.1) is 0 Å². The zero-order valence-electron chi connectivity index (χ0n) is 2.59. The van der Waals surface area contributed by atoms with E-state index in [1.165, 1.54) is 0 Å². The summed E-state index contributed by atoms with van der Waals surface area (Å²) in [6.07, 6.45) is 0. The smallest absolute Gasteiger partial charge is 0 e. The van der Waals surface area contributed by atoms with Crippen molar-refractivity contribution in [2.24, 2.45) is 0 Å². The Morgan fingerprint density at radius 2 is 1.80 bits per heavy atom.